The molecule has 1 aromatic heterocycles. The van der Waals surface area contributed by atoms with Gasteiger partial charge in [-0.2, -0.15) is 5.10 Å². The third-order valence-corrected chi connectivity index (χ3v) is 2.91. The van der Waals surface area contributed by atoms with Crippen LogP contribution in [0.2, 0.25) is 0 Å². The highest BCUT2D eigenvalue weighted by Crippen LogP contribution is 2.21. The number of aliphatic imine (C=N–C) groups is 1. The minimum absolute atomic E-state index is 0.0589. The van der Waals surface area contributed by atoms with E-state index in [4.69, 9.17) is 10.5 Å². The number of benzene rings is 1. The van der Waals surface area contributed by atoms with Gasteiger partial charge in [-0.15, -0.1) is 0 Å². The molecule has 1 atom stereocenters. The average molecular weight is 260 g/mol. The molecule has 0 spiro atoms. The molecule has 1 aliphatic rings. The fourth-order valence-corrected chi connectivity index (χ4v) is 1.94. The van der Waals surface area contributed by atoms with Crippen LogP contribution in [0.15, 0.2) is 35.5 Å². The molecular weight excluding hydrogens is 247 g/mol. The molecule has 0 saturated carbocycles. The maximum atomic E-state index is 12.9. The summed E-state index contributed by atoms with van der Waals surface area (Å²) in [5, 5.41) is 4.19. The quantitative estimate of drug-likeness (QED) is 0.894. The van der Waals surface area contributed by atoms with E-state index >= 15 is 0 Å². The molecule has 6 heteroatoms. The monoisotopic (exact) mass is 260 g/mol. The fourth-order valence-electron chi connectivity index (χ4n) is 1.94. The van der Waals surface area contributed by atoms with Gasteiger partial charge < -0.3 is 10.5 Å². The summed E-state index contributed by atoms with van der Waals surface area (Å²) in [7, 11) is 0. The molecule has 0 amide bonds. The van der Waals surface area contributed by atoms with Gasteiger partial charge in [-0.3, -0.25) is 0 Å². The van der Waals surface area contributed by atoms with Crippen LogP contribution in [0.3, 0.4) is 0 Å². The number of nitrogens with two attached hydrogens (primary N) is 1. The molecule has 0 radical (unpaired) electrons. The second kappa shape index (κ2) is 4.38. The number of rotatable bonds is 2. The van der Waals surface area contributed by atoms with Crippen molar-refractivity contribution in [2.45, 2.75) is 13.0 Å². The summed E-state index contributed by atoms with van der Waals surface area (Å²) < 4.78 is 20.0. The van der Waals surface area contributed by atoms with Crippen LogP contribution >= 0.6 is 0 Å². The lowest BCUT2D eigenvalue weighted by Crippen LogP contribution is -2.10. The summed E-state index contributed by atoms with van der Waals surface area (Å²) in [5.41, 5.74) is 7.40. The van der Waals surface area contributed by atoms with Crippen LogP contribution in [-0.2, 0) is 4.74 Å². The summed E-state index contributed by atoms with van der Waals surface area (Å²) in [6.45, 7) is 2.56. The van der Waals surface area contributed by atoms with Gasteiger partial charge in [0.05, 0.1) is 24.0 Å². The largest absolute Gasteiger partial charge is 0.472 e. The van der Waals surface area contributed by atoms with E-state index in [9.17, 15) is 4.39 Å². The topological polar surface area (TPSA) is 65.4 Å². The zero-order valence-electron chi connectivity index (χ0n) is 10.4. The molecule has 1 aromatic carbocycles. The van der Waals surface area contributed by atoms with Crippen molar-refractivity contribution in [2.24, 2.45) is 4.99 Å². The minimum atomic E-state index is -0.299. The van der Waals surface area contributed by atoms with Gasteiger partial charge in [0, 0.05) is 0 Å². The molecule has 5 nitrogen and oxygen atoms in total. The zero-order valence-corrected chi connectivity index (χ0v) is 10.4. The van der Waals surface area contributed by atoms with Crippen molar-refractivity contribution >= 4 is 11.7 Å². The summed E-state index contributed by atoms with van der Waals surface area (Å²) in [6.07, 6.45) is 1.67. The first-order chi connectivity index (χ1) is 9.15. The van der Waals surface area contributed by atoms with Gasteiger partial charge in [-0.25, -0.2) is 14.1 Å². The molecule has 0 fully saturated rings. The smallest absolute Gasteiger partial charge is 0.222 e. The van der Waals surface area contributed by atoms with E-state index in [2.05, 4.69) is 10.1 Å². The Labute approximate surface area is 109 Å². The Bertz CT molecular complexity index is 633. The first-order valence-electron chi connectivity index (χ1n) is 5.96. The maximum Gasteiger partial charge on any atom is 0.222 e. The van der Waals surface area contributed by atoms with Crippen LogP contribution < -0.4 is 5.73 Å². The standard InChI is InChI=1S/C13H13FN4O/c1-8-6-16-13(19-8)11-7-17-18(12(11)15)10-4-2-9(14)3-5-10/h2-5,7-8H,6,15H2,1H3. The second-order valence-electron chi connectivity index (χ2n) is 4.41. The van der Waals surface area contributed by atoms with Crippen LogP contribution in [0.4, 0.5) is 10.2 Å². The molecule has 0 saturated heterocycles. The fraction of sp³-hybridized carbons (Fsp3) is 0.231. The second-order valence-corrected chi connectivity index (χ2v) is 4.41. The molecule has 0 bridgehead atoms. The molecule has 1 unspecified atom stereocenters. The Hall–Kier alpha value is -2.37. The van der Waals surface area contributed by atoms with Crippen molar-refractivity contribution in [3.05, 3.63) is 41.8 Å². The van der Waals surface area contributed by atoms with Gasteiger partial charge in [-0.1, -0.05) is 0 Å². The number of anilines is 1. The molecule has 98 valence electrons. The van der Waals surface area contributed by atoms with Crippen molar-refractivity contribution in [1.82, 2.24) is 9.78 Å². The van der Waals surface area contributed by atoms with E-state index in [1.54, 1.807) is 18.3 Å². The molecule has 19 heavy (non-hydrogen) atoms. The summed E-state index contributed by atoms with van der Waals surface area (Å²) in [6, 6.07) is 5.95. The summed E-state index contributed by atoms with van der Waals surface area (Å²) in [5.74, 6) is 0.643. The van der Waals surface area contributed by atoms with Gasteiger partial charge in [-0.05, 0) is 31.2 Å². The lowest BCUT2D eigenvalue weighted by atomic mass is 10.3. The first-order valence-corrected chi connectivity index (χ1v) is 5.96. The van der Waals surface area contributed by atoms with Crippen molar-refractivity contribution < 1.29 is 9.13 Å². The van der Waals surface area contributed by atoms with Crippen molar-refractivity contribution in [1.29, 1.82) is 0 Å². The van der Waals surface area contributed by atoms with E-state index in [-0.39, 0.29) is 11.9 Å². The normalized spacial score (nSPS) is 18.2. The van der Waals surface area contributed by atoms with Crippen LogP contribution in [0.5, 0.6) is 0 Å². The Morgan fingerprint density at radius 2 is 2.11 bits per heavy atom. The van der Waals surface area contributed by atoms with Crippen LogP contribution in [0.1, 0.15) is 12.5 Å². The molecule has 1 aliphatic heterocycles. The number of nitrogen functional groups attached to an aromatic ring is 1. The SMILES string of the molecule is CC1CN=C(c2cnn(-c3ccc(F)cc3)c2N)O1. The number of halogens is 1. The molecule has 2 aromatic rings. The highest BCUT2D eigenvalue weighted by Gasteiger charge is 2.22. The summed E-state index contributed by atoms with van der Waals surface area (Å²) >= 11 is 0. The predicted molar refractivity (Wildman–Crippen MR) is 69.9 cm³/mol. The van der Waals surface area contributed by atoms with E-state index in [0.29, 0.717) is 29.5 Å². The Kier molecular flexibility index (Phi) is 2.70. The van der Waals surface area contributed by atoms with Gasteiger partial charge in [0.25, 0.3) is 0 Å². The van der Waals surface area contributed by atoms with Gasteiger partial charge in [0.1, 0.15) is 17.7 Å². The van der Waals surface area contributed by atoms with Gasteiger partial charge in [0.15, 0.2) is 0 Å². The minimum Gasteiger partial charge on any atom is -0.472 e. The van der Waals surface area contributed by atoms with Crippen molar-refractivity contribution in [2.75, 3.05) is 12.3 Å². The van der Waals surface area contributed by atoms with E-state index < -0.39 is 0 Å². The third kappa shape index (κ3) is 2.05. The average Bonchev–Trinajstić information content (AvgIpc) is 2.97. The van der Waals surface area contributed by atoms with Crippen LogP contribution in [0.25, 0.3) is 5.69 Å². The molecule has 2 N–H and O–H groups in total. The summed E-state index contributed by atoms with van der Waals surface area (Å²) in [4.78, 5) is 4.27. The third-order valence-electron chi connectivity index (χ3n) is 2.91. The molecular formula is C13H13FN4O. The van der Waals surface area contributed by atoms with E-state index in [1.807, 2.05) is 6.92 Å². The van der Waals surface area contributed by atoms with Crippen molar-refractivity contribution in [3.8, 4) is 5.69 Å². The maximum absolute atomic E-state index is 12.9. The predicted octanol–water partition coefficient (Wildman–Crippen LogP) is 1.76. The number of ether oxygens (including phenoxy) is 1. The number of aromatic nitrogens is 2. The Balaban J connectivity index is 1.97. The van der Waals surface area contributed by atoms with Gasteiger partial charge in [0.2, 0.25) is 5.90 Å². The highest BCUT2D eigenvalue weighted by molar-refractivity contribution is 5.99. The van der Waals surface area contributed by atoms with E-state index in [1.165, 1.54) is 16.8 Å². The first kappa shape index (κ1) is 11.7. The number of nitrogens with zero attached hydrogens (tertiary/aromatic N) is 3. The highest BCUT2D eigenvalue weighted by atomic mass is 19.1. The Morgan fingerprint density at radius 3 is 2.74 bits per heavy atom. The van der Waals surface area contributed by atoms with E-state index in [0.717, 1.165) is 0 Å². The van der Waals surface area contributed by atoms with Crippen LogP contribution in [-0.4, -0.2) is 28.3 Å². The lowest BCUT2D eigenvalue weighted by molar-refractivity contribution is 0.246. The van der Waals surface area contributed by atoms with Crippen LogP contribution in [0, 0.1) is 5.82 Å². The number of hydrogen-bond donors (Lipinski definition) is 1. The molecule has 0 aliphatic carbocycles. The molecule has 3 rings (SSSR count). The zero-order chi connectivity index (χ0) is 13.4. The number of hydrogen-bond acceptors (Lipinski definition) is 4. The van der Waals surface area contributed by atoms with Crippen molar-refractivity contribution in [3.63, 3.8) is 0 Å². The lowest BCUT2D eigenvalue weighted by Gasteiger charge is -2.06. The Morgan fingerprint density at radius 1 is 1.37 bits per heavy atom. The van der Waals surface area contributed by atoms with Gasteiger partial charge >= 0.3 is 0 Å². The molecule has 2 heterocycles.